The zero-order valence-corrected chi connectivity index (χ0v) is 9.10. The minimum absolute atomic E-state index is 0.0696. The number of H-pyrrole nitrogens is 1. The van der Waals surface area contributed by atoms with Gasteiger partial charge >= 0.3 is 5.63 Å². The maximum absolute atomic E-state index is 11.5. The van der Waals surface area contributed by atoms with Crippen LogP contribution in [0.3, 0.4) is 0 Å². The van der Waals surface area contributed by atoms with Crippen LogP contribution in [0.25, 0.3) is 10.9 Å². The minimum atomic E-state index is -0.422. The molecule has 0 saturated carbocycles. The second-order valence-corrected chi connectivity index (χ2v) is 3.54. The first-order valence-electron chi connectivity index (χ1n) is 4.33. The average molecular weight is 223 g/mol. The predicted molar refractivity (Wildman–Crippen MR) is 59.0 cm³/mol. The van der Waals surface area contributed by atoms with E-state index < -0.39 is 5.63 Å². The van der Waals surface area contributed by atoms with Crippen molar-refractivity contribution in [2.45, 2.75) is 6.92 Å². The normalized spacial score (nSPS) is 10.5. The molecule has 0 fully saturated rings. The van der Waals surface area contributed by atoms with Crippen LogP contribution >= 0.6 is 12.2 Å². The largest absolute Gasteiger partial charge is 0.497 e. The van der Waals surface area contributed by atoms with Gasteiger partial charge in [-0.05, 0) is 30.8 Å². The van der Waals surface area contributed by atoms with Crippen LogP contribution < -0.4 is 10.4 Å². The fraction of sp³-hybridized carbons (Fsp3) is 0.200. The number of aromatic nitrogens is 1. The van der Waals surface area contributed by atoms with Crippen molar-refractivity contribution in [3.63, 3.8) is 0 Å². The van der Waals surface area contributed by atoms with Crippen LogP contribution in [0.5, 0.6) is 5.75 Å². The summed E-state index contributed by atoms with van der Waals surface area (Å²) in [7, 11) is 1.57. The molecule has 15 heavy (non-hydrogen) atoms. The Bertz CT molecular complexity index is 627. The van der Waals surface area contributed by atoms with Gasteiger partial charge in [-0.2, -0.15) is 0 Å². The van der Waals surface area contributed by atoms with Crippen LogP contribution in [-0.2, 0) is 0 Å². The number of rotatable bonds is 1. The van der Waals surface area contributed by atoms with Crippen LogP contribution in [0.15, 0.2) is 21.3 Å². The molecule has 0 bridgehead atoms. The van der Waals surface area contributed by atoms with E-state index in [1.807, 2.05) is 6.92 Å². The Morgan fingerprint density at radius 3 is 2.87 bits per heavy atom. The molecule has 1 N–H and O–H groups in total. The fourth-order valence-electron chi connectivity index (χ4n) is 1.51. The lowest BCUT2D eigenvalue weighted by atomic mass is 10.1. The summed E-state index contributed by atoms with van der Waals surface area (Å²) in [6.45, 7) is 1.82. The summed E-state index contributed by atoms with van der Waals surface area (Å²) in [5, 5.41) is 0.504. The fourth-order valence-corrected chi connectivity index (χ4v) is 1.70. The highest BCUT2D eigenvalue weighted by Gasteiger charge is 2.06. The Hall–Kier alpha value is -1.62. The van der Waals surface area contributed by atoms with Crippen molar-refractivity contribution in [2.24, 2.45) is 0 Å². The lowest BCUT2D eigenvalue weighted by molar-refractivity contribution is 0.414. The summed E-state index contributed by atoms with van der Waals surface area (Å²) in [5.41, 5.74) is 1.01. The monoisotopic (exact) mass is 223 g/mol. The van der Waals surface area contributed by atoms with Crippen molar-refractivity contribution in [1.29, 1.82) is 0 Å². The summed E-state index contributed by atoms with van der Waals surface area (Å²) in [6.07, 6.45) is 0. The van der Waals surface area contributed by atoms with Crippen LogP contribution in [0, 0.1) is 11.8 Å². The molecule has 0 atom stereocenters. The molecule has 1 aromatic heterocycles. The number of fused-ring (bicyclic) bond motifs is 1. The Morgan fingerprint density at radius 2 is 2.20 bits per heavy atom. The number of aryl methyl sites for hydroxylation is 1. The molecule has 1 aromatic carbocycles. The molecule has 78 valence electrons. The van der Waals surface area contributed by atoms with Crippen molar-refractivity contribution in [3.8, 4) is 5.75 Å². The molecule has 0 unspecified atom stereocenters. The van der Waals surface area contributed by atoms with Gasteiger partial charge in [0.25, 0.3) is 4.84 Å². The Kier molecular flexibility index (Phi) is 2.32. The zero-order chi connectivity index (χ0) is 11.0. The van der Waals surface area contributed by atoms with Gasteiger partial charge < -0.3 is 14.1 Å². The van der Waals surface area contributed by atoms with E-state index in [1.54, 1.807) is 19.2 Å². The minimum Gasteiger partial charge on any atom is -0.497 e. The van der Waals surface area contributed by atoms with Gasteiger partial charge in [-0.25, -0.2) is 4.79 Å². The highest BCUT2D eigenvalue weighted by atomic mass is 32.1. The second kappa shape index (κ2) is 3.51. The molecule has 2 aromatic rings. The molecule has 0 spiro atoms. The van der Waals surface area contributed by atoms with Crippen LogP contribution in [-0.4, -0.2) is 12.1 Å². The van der Waals surface area contributed by atoms with Crippen LogP contribution in [0.4, 0.5) is 0 Å². The van der Waals surface area contributed by atoms with Crippen molar-refractivity contribution < 1.29 is 9.15 Å². The number of ether oxygens (including phenoxy) is 1. The van der Waals surface area contributed by atoms with Crippen LogP contribution in [0.1, 0.15) is 5.56 Å². The Balaban J connectivity index is 2.98. The number of hydrogen-bond acceptors (Lipinski definition) is 4. The molecule has 1 heterocycles. The van der Waals surface area contributed by atoms with Crippen molar-refractivity contribution in [2.75, 3.05) is 7.11 Å². The highest BCUT2D eigenvalue weighted by Crippen LogP contribution is 2.20. The molecule has 0 saturated heterocycles. The smallest absolute Gasteiger partial charge is 0.347 e. The van der Waals surface area contributed by atoms with E-state index in [-0.39, 0.29) is 4.84 Å². The topological polar surface area (TPSA) is 55.2 Å². The first kappa shape index (κ1) is 9.92. The molecule has 0 aliphatic heterocycles. The maximum atomic E-state index is 11.5. The third-order valence-electron chi connectivity index (χ3n) is 2.17. The van der Waals surface area contributed by atoms with E-state index in [9.17, 15) is 4.79 Å². The average Bonchev–Trinajstić information content (AvgIpc) is 2.15. The van der Waals surface area contributed by atoms with Gasteiger partial charge in [0.15, 0.2) is 0 Å². The quantitative estimate of drug-likeness (QED) is 0.753. The number of hydrogen-bond donors (Lipinski definition) is 1. The summed E-state index contributed by atoms with van der Waals surface area (Å²) in [5.74, 6) is 0.677. The summed E-state index contributed by atoms with van der Waals surface area (Å²) in [6, 6.07) is 3.49. The first-order chi connectivity index (χ1) is 7.11. The summed E-state index contributed by atoms with van der Waals surface area (Å²) in [4.78, 5) is 14.4. The van der Waals surface area contributed by atoms with E-state index in [0.717, 1.165) is 5.56 Å². The molecular weight excluding hydrogens is 214 g/mol. The standard InChI is InChI=1S/C10H9NO3S/c1-5-3-6(13-2)4-7-8(5)9(12)14-10(15)11-7/h3-4H,1-2H3,(H,11,15). The van der Waals surface area contributed by atoms with Crippen LogP contribution in [0.2, 0.25) is 0 Å². The van der Waals surface area contributed by atoms with Crippen molar-refractivity contribution >= 4 is 23.1 Å². The van der Waals surface area contributed by atoms with Crippen molar-refractivity contribution in [3.05, 3.63) is 33.0 Å². The van der Waals surface area contributed by atoms with E-state index in [1.165, 1.54) is 0 Å². The van der Waals surface area contributed by atoms with Gasteiger partial charge in [-0.3, -0.25) is 0 Å². The van der Waals surface area contributed by atoms with Gasteiger partial charge in [0.1, 0.15) is 5.75 Å². The van der Waals surface area contributed by atoms with Gasteiger partial charge in [-0.15, -0.1) is 0 Å². The third kappa shape index (κ3) is 1.66. The number of nitrogens with one attached hydrogen (secondary N) is 1. The summed E-state index contributed by atoms with van der Waals surface area (Å²) < 4.78 is 9.90. The lowest BCUT2D eigenvalue weighted by Gasteiger charge is -2.04. The van der Waals surface area contributed by atoms with Gasteiger partial charge in [0, 0.05) is 6.07 Å². The first-order valence-corrected chi connectivity index (χ1v) is 4.74. The Morgan fingerprint density at radius 1 is 1.47 bits per heavy atom. The predicted octanol–water partition coefficient (Wildman–Crippen LogP) is 2.17. The summed E-state index contributed by atoms with van der Waals surface area (Å²) >= 11 is 4.79. The molecule has 5 heteroatoms. The number of aromatic amines is 1. The van der Waals surface area contributed by atoms with E-state index in [2.05, 4.69) is 4.98 Å². The highest BCUT2D eigenvalue weighted by molar-refractivity contribution is 7.71. The molecular formula is C10H9NO3S. The van der Waals surface area contributed by atoms with Gasteiger partial charge in [0.05, 0.1) is 18.0 Å². The lowest BCUT2D eigenvalue weighted by Crippen LogP contribution is -2.03. The zero-order valence-electron chi connectivity index (χ0n) is 8.29. The maximum Gasteiger partial charge on any atom is 0.347 e. The molecule has 0 aliphatic carbocycles. The molecule has 0 amide bonds. The number of methoxy groups -OCH3 is 1. The SMILES string of the molecule is COc1cc(C)c2c(=O)oc(=S)[nH]c2c1. The van der Waals surface area contributed by atoms with Crippen molar-refractivity contribution in [1.82, 2.24) is 4.98 Å². The molecule has 2 rings (SSSR count). The molecule has 0 aliphatic rings. The Labute approximate surface area is 90.5 Å². The number of benzene rings is 1. The van der Waals surface area contributed by atoms with Gasteiger partial charge in [0.2, 0.25) is 0 Å². The third-order valence-corrected chi connectivity index (χ3v) is 2.36. The second-order valence-electron chi connectivity index (χ2n) is 3.17. The van der Waals surface area contributed by atoms with E-state index in [4.69, 9.17) is 21.4 Å². The van der Waals surface area contributed by atoms with E-state index in [0.29, 0.717) is 16.7 Å². The molecule has 0 radical (unpaired) electrons. The van der Waals surface area contributed by atoms with E-state index >= 15 is 0 Å². The molecule has 4 nitrogen and oxygen atoms in total. The van der Waals surface area contributed by atoms with Gasteiger partial charge in [-0.1, -0.05) is 0 Å².